The van der Waals surface area contributed by atoms with Crippen molar-refractivity contribution in [3.05, 3.63) is 64.0 Å². The van der Waals surface area contributed by atoms with Crippen molar-refractivity contribution in [2.75, 3.05) is 27.2 Å². The third kappa shape index (κ3) is 3.80. The number of pyridine rings is 1. The lowest BCUT2D eigenvalue weighted by molar-refractivity contribution is 0.0668. The van der Waals surface area contributed by atoms with E-state index in [4.69, 9.17) is 17.7 Å². The number of fused-ring (bicyclic) bond motifs is 2. The number of halogens is 2. The fraction of sp³-hybridized carbons (Fsp3) is 0.308. The van der Waals surface area contributed by atoms with E-state index in [1.807, 2.05) is 0 Å². The first-order valence-corrected chi connectivity index (χ1v) is 10.9. The average Bonchev–Trinajstić information content (AvgIpc) is 3.25. The summed E-state index contributed by atoms with van der Waals surface area (Å²) in [5.41, 5.74) is 0.0314. The molecule has 0 radical (unpaired) electrons. The van der Waals surface area contributed by atoms with Gasteiger partial charge in [-0.25, -0.2) is 8.78 Å². The van der Waals surface area contributed by atoms with E-state index >= 15 is 4.39 Å². The summed E-state index contributed by atoms with van der Waals surface area (Å²) in [6.07, 6.45) is 0.271. The molecule has 1 aliphatic heterocycles. The van der Waals surface area contributed by atoms with Crippen molar-refractivity contribution >= 4 is 27.6 Å². The lowest BCUT2D eigenvalue weighted by atomic mass is 10.0. The summed E-state index contributed by atoms with van der Waals surface area (Å²) in [4.78, 5) is 31.9. The number of H-pyrrole nitrogens is 1. The third-order valence-electron chi connectivity index (χ3n) is 6.36. The smallest absolute Gasteiger partial charge is 0.263 e. The molecule has 0 atom stereocenters. The second-order valence-electron chi connectivity index (χ2n) is 8.55. The summed E-state index contributed by atoms with van der Waals surface area (Å²) >= 11 is 0. The highest BCUT2D eigenvalue weighted by Gasteiger charge is 2.27. The number of aromatic nitrogens is 2. The van der Waals surface area contributed by atoms with E-state index < -0.39 is 49.0 Å². The number of piperidine rings is 1. The van der Waals surface area contributed by atoms with Crippen LogP contribution in [0.1, 0.15) is 37.1 Å². The molecule has 0 spiro atoms. The first-order chi connectivity index (χ1) is 19.1. The minimum atomic E-state index is -3.05. The molecule has 7 nitrogen and oxygen atoms in total. The van der Waals surface area contributed by atoms with Crippen LogP contribution in [-0.4, -0.2) is 53.7 Å². The van der Waals surface area contributed by atoms with E-state index in [2.05, 4.69) is 4.98 Å². The molecule has 1 N–H and O–H groups in total. The number of benzene rings is 2. The molecule has 5 rings (SSSR count). The highest BCUT2D eigenvalue weighted by atomic mass is 19.1. The standard InChI is InChI=1S/C26H25F2N3O4/c1-14-10-18-20(29-14)4-5-21(24(18)28)31-13-19(25(32)30-8-6-15(27)7-9-30)16-11-22(34-2)23(35-3)12-17(16)26(31)33/h4-5,10-13,15,29H,6-9H2,1-3H3/i2D3,3D3. The predicted octanol–water partition coefficient (Wildman–Crippen LogP) is 4.51. The molecule has 0 bridgehead atoms. The molecule has 3 heterocycles. The van der Waals surface area contributed by atoms with Gasteiger partial charge < -0.3 is 19.4 Å². The number of hydrogen-bond donors (Lipinski definition) is 1. The number of rotatable bonds is 4. The first-order valence-electron chi connectivity index (χ1n) is 13.9. The zero-order valence-electron chi connectivity index (χ0n) is 24.7. The topological polar surface area (TPSA) is 76.6 Å². The van der Waals surface area contributed by atoms with E-state index in [-0.39, 0.29) is 53.3 Å². The number of carbonyl (C=O) groups excluding carboxylic acids is 1. The molecule has 2 aromatic carbocycles. The second-order valence-corrected chi connectivity index (χ2v) is 8.55. The number of aromatic amines is 1. The number of likely N-dealkylation sites (tertiary alicyclic amines) is 1. The van der Waals surface area contributed by atoms with Gasteiger partial charge in [0.15, 0.2) is 17.3 Å². The molecule has 1 aliphatic rings. The minimum Gasteiger partial charge on any atom is -0.493 e. The van der Waals surface area contributed by atoms with Crippen molar-refractivity contribution in [3.63, 3.8) is 0 Å². The Morgan fingerprint density at radius 3 is 2.46 bits per heavy atom. The molecular formula is C26H25F2N3O4. The van der Waals surface area contributed by atoms with Gasteiger partial charge in [0.2, 0.25) is 0 Å². The van der Waals surface area contributed by atoms with Gasteiger partial charge in [-0.3, -0.25) is 14.2 Å². The highest BCUT2D eigenvalue weighted by Crippen LogP contribution is 2.34. The molecule has 1 amide bonds. The van der Waals surface area contributed by atoms with Crippen molar-refractivity contribution in [3.8, 4) is 17.2 Å². The van der Waals surface area contributed by atoms with Crippen LogP contribution in [0.15, 0.2) is 41.3 Å². The molecule has 0 unspecified atom stereocenters. The Hall–Kier alpha value is -3.88. The monoisotopic (exact) mass is 487 g/mol. The lowest BCUT2D eigenvalue weighted by Gasteiger charge is -2.29. The summed E-state index contributed by atoms with van der Waals surface area (Å²) in [5, 5.41) is -0.120. The van der Waals surface area contributed by atoms with E-state index in [1.54, 1.807) is 19.1 Å². The van der Waals surface area contributed by atoms with Crippen LogP contribution in [0, 0.1) is 12.7 Å². The van der Waals surface area contributed by atoms with Crippen molar-refractivity contribution in [1.82, 2.24) is 14.5 Å². The van der Waals surface area contributed by atoms with Crippen molar-refractivity contribution < 1.29 is 31.3 Å². The van der Waals surface area contributed by atoms with Crippen molar-refractivity contribution in [2.24, 2.45) is 0 Å². The number of aryl methyl sites for hydroxylation is 1. The van der Waals surface area contributed by atoms with Gasteiger partial charge in [0.25, 0.3) is 11.5 Å². The molecule has 0 saturated carbocycles. The highest BCUT2D eigenvalue weighted by molar-refractivity contribution is 6.07. The van der Waals surface area contributed by atoms with Crippen LogP contribution >= 0.6 is 0 Å². The quantitative estimate of drug-likeness (QED) is 0.460. The van der Waals surface area contributed by atoms with Gasteiger partial charge in [0, 0.05) is 41.3 Å². The zero-order valence-corrected chi connectivity index (χ0v) is 18.7. The van der Waals surface area contributed by atoms with E-state index in [9.17, 15) is 14.0 Å². The van der Waals surface area contributed by atoms with Crippen LogP contribution in [0.3, 0.4) is 0 Å². The Bertz CT molecular complexity index is 1720. The third-order valence-corrected chi connectivity index (χ3v) is 6.36. The fourth-order valence-electron chi connectivity index (χ4n) is 4.56. The van der Waals surface area contributed by atoms with Crippen molar-refractivity contribution in [1.29, 1.82) is 0 Å². The van der Waals surface area contributed by atoms with Crippen molar-refractivity contribution in [2.45, 2.75) is 25.9 Å². The maximum Gasteiger partial charge on any atom is 0.263 e. The minimum absolute atomic E-state index is 0.0743. The summed E-state index contributed by atoms with van der Waals surface area (Å²) in [6, 6.07) is 6.49. The lowest BCUT2D eigenvalue weighted by Crippen LogP contribution is -2.39. The van der Waals surface area contributed by atoms with Crippen LogP contribution in [0.25, 0.3) is 27.4 Å². The summed E-state index contributed by atoms with van der Waals surface area (Å²) in [6.45, 7) is 1.91. The van der Waals surface area contributed by atoms with Crippen LogP contribution in [0.2, 0.25) is 0 Å². The Labute approximate surface area is 208 Å². The zero-order chi connectivity index (χ0) is 29.9. The molecule has 4 aromatic rings. The number of carbonyl (C=O) groups is 1. The molecule has 1 fully saturated rings. The summed E-state index contributed by atoms with van der Waals surface area (Å²) in [5.74, 6) is -2.49. The molecule has 35 heavy (non-hydrogen) atoms. The fourth-order valence-corrected chi connectivity index (χ4v) is 4.56. The number of hydrogen-bond acceptors (Lipinski definition) is 4. The first kappa shape index (κ1) is 16.7. The van der Waals surface area contributed by atoms with E-state index in [0.29, 0.717) is 11.2 Å². The Morgan fingerprint density at radius 1 is 1.09 bits per heavy atom. The average molecular weight is 488 g/mol. The van der Waals surface area contributed by atoms with Gasteiger partial charge in [-0.15, -0.1) is 0 Å². The van der Waals surface area contributed by atoms with Crippen LogP contribution in [-0.2, 0) is 0 Å². The largest absolute Gasteiger partial charge is 0.493 e. The van der Waals surface area contributed by atoms with E-state index in [1.165, 1.54) is 11.0 Å². The Morgan fingerprint density at radius 2 is 1.77 bits per heavy atom. The second kappa shape index (κ2) is 8.72. The molecule has 2 aromatic heterocycles. The Balaban J connectivity index is 1.80. The molecule has 1 saturated heterocycles. The maximum absolute atomic E-state index is 15.7. The normalized spacial score (nSPS) is 17.9. The van der Waals surface area contributed by atoms with Crippen LogP contribution < -0.4 is 15.0 Å². The number of alkyl halides is 1. The molecule has 182 valence electrons. The predicted molar refractivity (Wildman–Crippen MR) is 129 cm³/mol. The van der Waals surface area contributed by atoms with Gasteiger partial charge in [-0.2, -0.15) is 0 Å². The van der Waals surface area contributed by atoms with Gasteiger partial charge in [-0.05, 0) is 50.1 Å². The summed E-state index contributed by atoms with van der Waals surface area (Å²) in [7, 11) is -6.08. The summed E-state index contributed by atoms with van der Waals surface area (Å²) < 4.78 is 85.4. The SMILES string of the molecule is [2H]C([2H])([2H])Oc1cc2c(C(=O)N3CCC(F)CC3)cn(-c3ccc4[nH]c(C)cc4c3F)c(=O)c2cc1OC([2H])([2H])[2H]. The van der Waals surface area contributed by atoms with Crippen LogP contribution in [0.5, 0.6) is 11.5 Å². The number of nitrogens with zero attached hydrogens (tertiary/aromatic N) is 2. The number of methoxy groups -OCH3 is 2. The van der Waals surface area contributed by atoms with Gasteiger partial charge >= 0.3 is 0 Å². The molecular weight excluding hydrogens is 456 g/mol. The van der Waals surface area contributed by atoms with E-state index in [0.717, 1.165) is 22.9 Å². The molecule has 0 aliphatic carbocycles. The van der Waals surface area contributed by atoms with Gasteiger partial charge in [0.1, 0.15) is 6.17 Å². The maximum atomic E-state index is 15.7. The Kier molecular flexibility index (Phi) is 4.16. The number of nitrogens with one attached hydrogen (secondary N) is 1. The number of amides is 1. The molecule has 9 heteroatoms. The van der Waals surface area contributed by atoms with Crippen LogP contribution in [0.4, 0.5) is 8.78 Å². The van der Waals surface area contributed by atoms with Gasteiger partial charge in [0.05, 0.1) is 38.9 Å². The number of ether oxygens (including phenoxy) is 2. The van der Waals surface area contributed by atoms with Gasteiger partial charge in [-0.1, -0.05) is 0 Å².